The van der Waals surface area contributed by atoms with Crippen LogP contribution in [-0.4, -0.2) is 59.1 Å². The highest BCUT2D eigenvalue weighted by molar-refractivity contribution is 7.12. The van der Waals surface area contributed by atoms with Crippen LogP contribution in [0, 0.1) is 0 Å². The molecular formula is C22H23N3O4S. The summed E-state index contributed by atoms with van der Waals surface area (Å²) < 4.78 is 0. The average molecular weight is 426 g/mol. The standard InChI is InChI=1S/C22H23N3O4S/c26-19(8-3-11-25-20(27)16-5-1-2-6-17(16)21(25)28)23-15-9-12-24(13-10-15)22(29)18-7-4-14-30-18/h1-2,4-7,14-15H,3,8-13H2,(H,23,26). The lowest BCUT2D eigenvalue weighted by molar-refractivity contribution is -0.122. The SMILES string of the molecule is O=C(CCCN1C(=O)c2ccccc2C1=O)NC1CCN(C(=O)c2cccs2)CC1. The molecule has 0 spiro atoms. The van der Waals surface area contributed by atoms with E-state index < -0.39 is 0 Å². The van der Waals surface area contributed by atoms with E-state index >= 15 is 0 Å². The number of piperidine rings is 1. The van der Waals surface area contributed by atoms with Gasteiger partial charge in [-0.25, -0.2) is 0 Å². The second kappa shape index (κ2) is 8.79. The van der Waals surface area contributed by atoms with E-state index in [0.717, 1.165) is 17.7 Å². The third kappa shape index (κ3) is 4.14. The molecule has 0 radical (unpaired) electrons. The predicted octanol–water partition coefficient (Wildman–Crippen LogP) is 2.55. The van der Waals surface area contributed by atoms with Crippen LogP contribution in [0.1, 0.15) is 56.1 Å². The first-order valence-corrected chi connectivity index (χ1v) is 11.0. The van der Waals surface area contributed by atoms with E-state index in [4.69, 9.17) is 0 Å². The summed E-state index contributed by atoms with van der Waals surface area (Å²) in [5.41, 5.74) is 0.853. The zero-order valence-corrected chi connectivity index (χ0v) is 17.3. The summed E-state index contributed by atoms with van der Waals surface area (Å²) in [5.74, 6) is -0.622. The summed E-state index contributed by atoms with van der Waals surface area (Å²) in [7, 11) is 0. The molecule has 2 aliphatic rings. The van der Waals surface area contributed by atoms with Crippen molar-refractivity contribution >= 4 is 35.0 Å². The van der Waals surface area contributed by atoms with E-state index in [-0.39, 0.29) is 42.6 Å². The van der Waals surface area contributed by atoms with Crippen LogP contribution in [0.4, 0.5) is 0 Å². The lowest BCUT2D eigenvalue weighted by atomic mass is 10.0. The zero-order valence-electron chi connectivity index (χ0n) is 16.5. The molecule has 2 aliphatic heterocycles. The number of nitrogens with zero attached hydrogens (tertiary/aromatic N) is 2. The summed E-state index contributed by atoms with van der Waals surface area (Å²) in [4.78, 5) is 53.1. The molecule has 0 unspecified atom stereocenters. The lowest BCUT2D eigenvalue weighted by Crippen LogP contribution is -2.46. The summed E-state index contributed by atoms with van der Waals surface area (Å²) in [5, 5.41) is 4.91. The van der Waals surface area contributed by atoms with Gasteiger partial charge in [-0.3, -0.25) is 24.1 Å². The maximum atomic E-state index is 12.4. The molecule has 1 N–H and O–H groups in total. The molecule has 30 heavy (non-hydrogen) atoms. The first-order chi connectivity index (χ1) is 14.5. The summed E-state index contributed by atoms with van der Waals surface area (Å²) >= 11 is 1.44. The van der Waals surface area contributed by atoms with Gasteiger partial charge in [0.2, 0.25) is 5.91 Å². The fraction of sp³-hybridized carbons (Fsp3) is 0.364. The van der Waals surface area contributed by atoms with Gasteiger partial charge in [0.25, 0.3) is 17.7 Å². The van der Waals surface area contributed by atoms with E-state index in [1.54, 1.807) is 24.3 Å². The molecular weight excluding hydrogens is 402 g/mol. The number of hydrogen-bond acceptors (Lipinski definition) is 5. The van der Waals surface area contributed by atoms with Crippen LogP contribution < -0.4 is 5.32 Å². The monoisotopic (exact) mass is 425 g/mol. The van der Waals surface area contributed by atoms with E-state index in [9.17, 15) is 19.2 Å². The van der Waals surface area contributed by atoms with Gasteiger partial charge >= 0.3 is 0 Å². The van der Waals surface area contributed by atoms with Gasteiger partial charge in [-0.05, 0) is 42.8 Å². The van der Waals surface area contributed by atoms with Crippen LogP contribution in [0.25, 0.3) is 0 Å². The molecule has 3 heterocycles. The van der Waals surface area contributed by atoms with Crippen LogP contribution in [0.2, 0.25) is 0 Å². The van der Waals surface area contributed by atoms with Crippen LogP contribution in [0.5, 0.6) is 0 Å². The molecule has 1 fully saturated rings. The summed E-state index contributed by atoms with van der Waals surface area (Å²) in [6, 6.07) is 10.5. The van der Waals surface area contributed by atoms with Crippen LogP contribution in [0.3, 0.4) is 0 Å². The largest absolute Gasteiger partial charge is 0.353 e. The Morgan fingerprint density at radius 1 is 1.00 bits per heavy atom. The first kappa shape index (κ1) is 20.3. The third-order valence-electron chi connectivity index (χ3n) is 5.54. The smallest absolute Gasteiger partial charge is 0.263 e. The highest BCUT2D eigenvalue weighted by Crippen LogP contribution is 2.23. The van der Waals surface area contributed by atoms with Crippen molar-refractivity contribution in [2.75, 3.05) is 19.6 Å². The van der Waals surface area contributed by atoms with Gasteiger partial charge in [0.1, 0.15) is 0 Å². The van der Waals surface area contributed by atoms with Crippen molar-refractivity contribution < 1.29 is 19.2 Å². The Balaban J connectivity index is 1.19. The molecule has 4 rings (SSSR count). The van der Waals surface area contributed by atoms with Gasteiger partial charge in [0.05, 0.1) is 16.0 Å². The molecule has 0 bridgehead atoms. The average Bonchev–Trinajstić information content (AvgIpc) is 3.38. The first-order valence-electron chi connectivity index (χ1n) is 10.1. The van der Waals surface area contributed by atoms with Gasteiger partial charge in [0, 0.05) is 32.1 Å². The van der Waals surface area contributed by atoms with Crippen molar-refractivity contribution in [1.29, 1.82) is 0 Å². The fourth-order valence-corrected chi connectivity index (χ4v) is 4.61. The van der Waals surface area contributed by atoms with Crippen molar-refractivity contribution in [3.8, 4) is 0 Å². The van der Waals surface area contributed by atoms with Crippen LogP contribution in [-0.2, 0) is 4.79 Å². The third-order valence-corrected chi connectivity index (χ3v) is 6.40. The minimum atomic E-state index is -0.293. The molecule has 1 aromatic heterocycles. The number of likely N-dealkylation sites (tertiary alicyclic amines) is 1. The summed E-state index contributed by atoms with van der Waals surface area (Å²) in [6.45, 7) is 1.47. The Kier molecular flexibility index (Phi) is 5.94. The molecule has 2 aromatic rings. The second-order valence-corrected chi connectivity index (χ2v) is 8.47. The Labute approximate surface area is 178 Å². The van der Waals surface area contributed by atoms with Crippen molar-refractivity contribution in [3.05, 3.63) is 57.8 Å². The molecule has 8 heteroatoms. The fourth-order valence-electron chi connectivity index (χ4n) is 3.92. The number of carbonyl (C=O) groups is 4. The van der Waals surface area contributed by atoms with Gasteiger partial charge in [-0.2, -0.15) is 0 Å². The normalized spacial score (nSPS) is 16.7. The Hall–Kier alpha value is -3.00. The predicted molar refractivity (Wildman–Crippen MR) is 112 cm³/mol. The topological polar surface area (TPSA) is 86.8 Å². The molecule has 156 valence electrons. The van der Waals surface area contributed by atoms with Crippen molar-refractivity contribution in [2.24, 2.45) is 0 Å². The molecule has 1 aromatic carbocycles. The number of imide groups is 1. The number of benzene rings is 1. The minimum absolute atomic E-state index is 0.0455. The number of thiophene rings is 1. The number of carbonyl (C=O) groups excluding carboxylic acids is 4. The highest BCUT2D eigenvalue weighted by Gasteiger charge is 2.34. The van der Waals surface area contributed by atoms with Crippen LogP contribution in [0.15, 0.2) is 41.8 Å². The van der Waals surface area contributed by atoms with Crippen molar-refractivity contribution in [3.63, 3.8) is 0 Å². The Morgan fingerprint density at radius 2 is 1.67 bits per heavy atom. The lowest BCUT2D eigenvalue weighted by Gasteiger charge is -2.32. The number of rotatable bonds is 6. The van der Waals surface area contributed by atoms with E-state index in [1.807, 2.05) is 22.4 Å². The molecule has 0 atom stereocenters. The Bertz CT molecular complexity index is 930. The maximum Gasteiger partial charge on any atom is 0.263 e. The van der Waals surface area contributed by atoms with Crippen molar-refractivity contribution in [1.82, 2.24) is 15.1 Å². The highest BCUT2D eigenvalue weighted by atomic mass is 32.1. The zero-order chi connectivity index (χ0) is 21.1. The van der Waals surface area contributed by atoms with Gasteiger partial charge in [0.15, 0.2) is 0 Å². The Morgan fingerprint density at radius 3 is 2.27 bits per heavy atom. The molecule has 0 saturated carbocycles. The number of amides is 4. The maximum absolute atomic E-state index is 12.4. The minimum Gasteiger partial charge on any atom is -0.353 e. The molecule has 7 nitrogen and oxygen atoms in total. The number of nitrogens with one attached hydrogen (secondary N) is 1. The molecule has 4 amide bonds. The van der Waals surface area contributed by atoms with Gasteiger partial charge in [-0.1, -0.05) is 18.2 Å². The van der Waals surface area contributed by atoms with E-state index in [1.165, 1.54) is 16.2 Å². The molecule has 1 saturated heterocycles. The van der Waals surface area contributed by atoms with Crippen molar-refractivity contribution in [2.45, 2.75) is 31.7 Å². The number of fused-ring (bicyclic) bond motifs is 1. The number of hydrogen-bond donors (Lipinski definition) is 1. The van der Waals surface area contributed by atoms with Gasteiger partial charge < -0.3 is 10.2 Å². The van der Waals surface area contributed by atoms with Crippen LogP contribution >= 0.6 is 11.3 Å². The second-order valence-electron chi connectivity index (χ2n) is 7.52. The van der Waals surface area contributed by atoms with E-state index in [0.29, 0.717) is 30.6 Å². The molecule has 0 aliphatic carbocycles. The van der Waals surface area contributed by atoms with Gasteiger partial charge in [-0.15, -0.1) is 11.3 Å². The quantitative estimate of drug-likeness (QED) is 0.721. The summed E-state index contributed by atoms with van der Waals surface area (Å²) in [6.07, 6.45) is 2.12. The van der Waals surface area contributed by atoms with E-state index in [2.05, 4.69) is 5.32 Å².